The minimum absolute atomic E-state index is 0.0477. The van der Waals surface area contributed by atoms with E-state index in [1.54, 1.807) is 38.4 Å². The maximum atomic E-state index is 12.1. The number of benzene rings is 1. The van der Waals surface area contributed by atoms with Crippen LogP contribution in [-0.4, -0.2) is 25.2 Å². The first kappa shape index (κ1) is 22.1. The van der Waals surface area contributed by atoms with Crippen molar-refractivity contribution in [2.75, 3.05) is 5.32 Å². The van der Waals surface area contributed by atoms with Crippen LogP contribution in [0.5, 0.6) is 0 Å². The summed E-state index contributed by atoms with van der Waals surface area (Å²) < 4.78 is 3.76. The van der Waals surface area contributed by atoms with Crippen molar-refractivity contribution in [2.24, 2.45) is 7.05 Å². The molecule has 0 saturated carbocycles. The maximum absolute atomic E-state index is 12.1. The molecule has 1 unspecified atom stereocenters. The van der Waals surface area contributed by atoms with Gasteiger partial charge in [0.05, 0.1) is 17.4 Å². The van der Waals surface area contributed by atoms with Crippen LogP contribution in [0.4, 0.5) is 5.69 Å². The van der Waals surface area contributed by atoms with Gasteiger partial charge >= 0.3 is 5.97 Å². The lowest BCUT2D eigenvalue weighted by Gasteiger charge is -2.25. The molecule has 0 aliphatic carbocycles. The lowest BCUT2D eigenvalue weighted by molar-refractivity contribution is 0.0689. The van der Waals surface area contributed by atoms with E-state index < -0.39 is 12.0 Å². The van der Waals surface area contributed by atoms with E-state index in [1.165, 1.54) is 4.57 Å². The lowest BCUT2D eigenvalue weighted by atomic mass is 10.0. The van der Waals surface area contributed by atoms with Gasteiger partial charge in [0.15, 0.2) is 10.4 Å². The van der Waals surface area contributed by atoms with Crippen molar-refractivity contribution >= 4 is 39.2 Å². The molecule has 0 amide bonds. The third-order valence-corrected chi connectivity index (χ3v) is 5.59. The van der Waals surface area contributed by atoms with Crippen molar-refractivity contribution in [3.8, 4) is 0 Å². The molecule has 0 aliphatic rings. The summed E-state index contributed by atoms with van der Waals surface area (Å²) in [5.74, 6) is -1.12. The number of halogens is 2. The molecule has 30 heavy (non-hydrogen) atoms. The Labute approximate surface area is 187 Å². The number of carboxylic acids is 1. The molecular weight excluding hydrogens is 472 g/mol. The Bertz CT molecular complexity index is 1130. The zero-order valence-electron chi connectivity index (χ0n) is 17.0. The zero-order valence-corrected chi connectivity index (χ0v) is 19.3. The van der Waals surface area contributed by atoms with Crippen LogP contribution in [0.15, 0.2) is 46.1 Å². The summed E-state index contributed by atoms with van der Waals surface area (Å²) in [4.78, 5) is 28.4. The van der Waals surface area contributed by atoms with Gasteiger partial charge in [0.25, 0.3) is 5.56 Å². The third-order valence-electron chi connectivity index (χ3n) is 4.77. The second-order valence-electron chi connectivity index (χ2n) is 7.34. The summed E-state index contributed by atoms with van der Waals surface area (Å²) in [5, 5.41) is 13.8. The summed E-state index contributed by atoms with van der Waals surface area (Å²) in [6.45, 7) is 5.65. The first-order valence-electron chi connectivity index (χ1n) is 9.30. The van der Waals surface area contributed by atoms with Crippen LogP contribution in [0.25, 0.3) is 0 Å². The number of carboxylic acid groups (broad SMARTS) is 1. The Morgan fingerprint density at radius 2 is 1.90 bits per heavy atom. The van der Waals surface area contributed by atoms with E-state index in [9.17, 15) is 14.7 Å². The fraction of sp³-hybridized carbons (Fsp3) is 0.286. The molecule has 0 saturated heterocycles. The molecule has 9 heteroatoms. The van der Waals surface area contributed by atoms with Crippen molar-refractivity contribution in [1.82, 2.24) is 14.1 Å². The van der Waals surface area contributed by atoms with Gasteiger partial charge in [-0.25, -0.2) is 9.78 Å². The predicted molar refractivity (Wildman–Crippen MR) is 121 cm³/mol. The number of carbonyl (C=O) groups is 1. The highest BCUT2D eigenvalue weighted by atomic mass is 79.9. The normalized spacial score (nSPS) is 12.2. The number of imidazole rings is 1. The van der Waals surface area contributed by atoms with Crippen molar-refractivity contribution in [3.05, 3.63) is 79.2 Å². The van der Waals surface area contributed by atoms with E-state index in [-0.39, 0.29) is 17.3 Å². The van der Waals surface area contributed by atoms with Crippen LogP contribution in [0.2, 0.25) is 5.02 Å². The average Bonchev–Trinajstić information content (AvgIpc) is 3.02. The Hall–Kier alpha value is -2.58. The van der Waals surface area contributed by atoms with Crippen molar-refractivity contribution in [3.63, 3.8) is 0 Å². The van der Waals surface area contributed by atoms with Gasteiger partial charge in [-0.1, -0.05) is 23.7 Å². The molecule has 7 nitrogen and oxygen atoms in total. The summed E-state index contributed by atoms with van der Waals surface area (Å²) in [6.07, 6.45) is 1.68. The van der Waals surface area contributed by atoms with E-state index >= 15 is 0 Å². The Morgan fingerprint density at radius 1 is 1.27 bits per heavy atom. The van der Waals surface area contributed by atoms with Gasteiger partial charge in [0, 0.05) is 29.9 Å². The van der Waals surface area contributed by atoms with Crippen molar-refractivity contribution < 1.29 is 9.90 Å². The predicted octanol–water partition coefficient (Wildman–Crippen LogP) is 4.79. The first-order chi connectivity index (χ1) is 14.1. The van der Waals surface area contributed by atoms with Gasteiger partial charge in [0.2, 0.25) is 0 Å². The van der Waals surface area contributed by atoms with Gasteiger partial charge in [-0.15, -0.1) is 0 Å². The molecular formula is C21H22BrClN4O3. The van der Waals surface area contributed by atoms with Gasteiger partial charge in [-0.05, 0) is 60.5 Å². The molecule has 3 aromatic rings. The Morgan fingerprint density at radius 3 is 2.43 bits per heavy atom. The Balaban J connectivity index is 2.25. The fourth-order valence-electron chi connectivity index (χ4n) is 3.43. The quantitative estimate of drug-likeness (QED) is 0.515. The Kier molecular flexibility index (Phi) is 6.38. The van der Waals surface area contributed by atoms with Crippen LogP contribution < -0.4 is 10.9 Å². The minimum atomic E-state index is -1.12. The SMILES string of the molecule is Cc1cc(NC(c2ccc(Cl)cc2)c2c(C(=O)O)nc(Br)n2C(C)C)cn(C)c1=O. The first-order valence-corrected chi connectivity index (χ1v) is 10.5. The molecule has 1 atom stereocenters. The standard InChI is InChI=1S/C21H22BrClN4O3/c1-11(2)27-18(17(20(29)30)25-21(27)22)16(13-5-7-14(23)8-6-13)24-15-9-12(3)19(28)26(4)10-15/h5-11,16,24H,1-4H3,(H,29,30). The number of nitrogens with one attached hydrogen (secondary N) is 1. The summed E-state index contributed by atoms with van der Waals surface area (Å²) in [6, 6.07) is 8.33. The number of rotatable bonds is 6. The third kappa shape index (κ3) is 4.29. The molecule has 0 radical (unpaired) electrons. The van der Waals surface area contributed by atoms with Gasteiger partial charge in [-0.3, -0.25) is 4.79 Å². The van der Waals surface area contributed by atoms with Crippen molar-refractivity contribution in [1.29, 1.82) is 0 Å². The second kappa shape index (κ2) is 8.65. The average molecular weight is 494 g/mol. The van der Waals surface area contributed by atoms with E-state index in [0.717, 1.165) is 5.56 Å². The molecule has 0 fully saturated rings. The number of pyridine rings is 1. The second-order valence-corrected chi connectivity index (χ2v) is 8.49. The summed E-state index contributed by atoms with van der Waals surface area (Å²) in [7, 11) is 1.68. The molecule has 2 aromatic heterocycles. The van der Waals surface area contributed by atoms with Gasteiger partial charge < -0.3 is 19.6 Å². The maximum Gasteiger partial charge on any atom is 0.356 e. The molecule has 3 rings (SSSR count). The van der Waals surface area contributed by atoms with Crippen LogP contribution >= 0.6 is 27.5 Å². The van der Waals surface area contributed by atoms with Crippen LogP contribution in [0, 0.1) is 6.92 Å². The number of hydrogen-bond acceptors (Lipinski definition) is 4. The molecule has 0 bridgehead atoms. The van der Waals surface area contributed by atoms with Crippen molar-refractivity contribution in [2.45, 2.75) is 32.9 Å². The summed E-state index contributed by atoms with van der Waals surface area (Å²) in [5.41, 5.74) is 2.42. The number of hydrogen-bond donors (Lipinski definition) is 2. The summed E-state index contributed by atoms with van der Waals surface area (Å²) >= 11 is 9.47. The number of aryl methyl sites for hydroxylation is 2. The topological polar surface area (TPSA) is 89.2 Å². The number of aromatic nitrogens is 3. The molecule has 0 aliphatic heterocycles. The van der Waals surface area contributed by atoms with E-state index in [2.05, 4.69) is 26.2 Å². The van der Waals surface area contributed by atoms with E-state index in [0.29, 0.717) is 26.7 Å². The van der Waals surface area contributed by atoms with Gasteiger partial charge in [0.1, 0.15) is 0 Å². The molecule has 1 aromatic carbocycles. The monoisotopic (exact) mass is 492 g/mol. The highest BCUT2D eigenvalue weighted by molar-refractivity contribution is 9.10. The van der Waals surface area contributed by atoms with Crippen LogP contribution in [0.3, 0.4) is 0 Å². The highest BCUT2D eigenvalue weighted by Gasteiger charge is 2.30. The number of aromatic carboxylic acids is 1. The van der Waals surface area contributed by atoms with Crippen LogP contribution in [-0.2, 0) is 7.05 Å². The highest BCUT2D eigenvalue weighted by Crippen LogP contribution is 2.34. The zero-order chi connectivity index (χ0) is 22.2. The fourth-order valence-corrected chi connectivity index (χ4v) is 4.33. The number of anilines is 1. The molecule has 2 N–H and O–H groups in total. The largest absolute Gasteiger partial charge is 0.476 e. The van der Waals surface area contributed by atoms with Gasteiger partial charge in [-0.2, -0.15) is 0 Å². The van der Waals surface area contributed by atoms with E-state index in [1.807, 2.05) is 30.5 Å². The molecule has 2 heterocycles. The minimum Gasteiger partial charge on any atom is -0.476 e. The lowest BCUT2D eigenvalue weighted by Crippen LogP contribution is -2.23. The van der Waals surface area contributed by atoms with Crippen LogP contribution in [0.1, 0.15) is 53.2 Å². The number of nitrogens with zero attached hydrogens (tertiary/aromatic N) is 3. The molecule has 158 valence electrons. The smallest absolute Gasteiger partial charge is 0.356 e. The van der Waals surface area contributed by atoms with E-state index in [4.69, 9.17) is 11.6 Å². The molecule has 0 spiro atoms.